The zero-order valence-corrected chi connectivity index (χ0v) is 14.6. The summed E-state index contributed by atoms with van der Waals surface area (Å²) in [6.45, 7) is 7.71. The summed E-state index contributed by atoms with van der Waals surface area (Å²) in [7, 11) is 2.07. The quantitative estimate of drug-likeness (QED) is 0.584. The van der Waals surface area contributed by atoms with E-state index in [4.69, 9.17) is 0 Å². The van der Waals surface area contributed by atoms with Crippen LogP contribution in [0.2, 0.25) is 0 Å². The van der Waals surface area contributed by atoms with Gasteiger partial charge in [0.15, 0.2) is 0 Å². The molecule has 0 aliphatic rings. The molecule has 0 aromatic carbocycles. The lowest BCUT2D eigenvalue weighted by Gasteiger charge is -2.17. The van der Waals surface area contributed by atoms with Crippen LogP contribution in [0.1, 0.15) is 77.1 Å². The van der Waals surface area contributed by atoms with E-state index in [1.165, 1.54) is 56.3 Å². The van der Waals surface area contributed by atoms with Crippen LogP contribution in [0.25, 0.3) is 0 Å². The van der Waals surface area contributed by atoms with Crippen LogP contribution in [0.5, 0.6) is 0 Å². The van der Waals surface area contributed by atoms with Crippen molar-refractivity contribution in [3.05, 3.63) is 17.5 Å². The van der Waals surface area contributed by atoms with Gasteiger partial charge in [-0.05, 0) is 25.5 Å². The molecule has 3 nitrogen and oxygen atoms in total. The number of nitrogens with zero attached hydrogens (tertiary/aromatic N) is 2. The molecule has 0 amide bonds. The van der Waals surface area contributed by atoms with Crippen LogP contribution in [0, 0.1) is 0 Å². The maximum absolute atomic E-state index is 4.56. The summed E-state index contributed by atoms with van der Waals surface area (Å²) in [6.07, 6.45) is 11.7. The van der Waals surface area contributed by atoms with Crippen LogP contribution in [-0.2, 0) is 19.9 Å². The molecule has 1 N–H and O–H groups in total. The van der Waals surface area contributed by atoms with E-state index in [0.717, 1.165) is 19.4 Å². The number of unbranched alkanes of at least 4 members (excludes halogenated alkanes) is 5. The summed E-state index contributed by atoms with van der Waals surface area (Å²) < 4.78 is 2.06. The van der Waals surface area contributed by atoms with Gasteiger partial charge in [-0.15, -0.1) is 0 Å². The molecule has 0 fully saturated rings. The SMILES string of the molecule is CCCCCCCCC(Cc1cc(CC)nn1C)NCC. The number of likely N-dealkylation sites (N-methyl/N-ethyl adjacent to an activating group) is 1. The Kier molecular flexibility index (Phi) is 9.40. The van der Waals surface area contributed by atoms with Crippen molar-refractivity contribution in [3.63, 3.8) is 0 Å². The van der Waals surface area contributed by atoms with Gasteiger partial charge in [0.05, 0.1) is 5.69 Å². The van der Waals surface area contributed by atoms with Gasteiger partial charge in [0, 0.05) is 25.2 Å². The molecule has 0 aliphatic heterocycles. The largest absolute Gasteiger partial charge is 0.314 e. The molecule has 0 spiro atoms. The Morgan fingerprint density at radius 1 is 1.10 bits per heavy atom. The van der Waals surface area contributed by atoms with Crippen LogP contribution in [0.4, 0.5) is 0 Å². The summed E-state index contributed by atoms with van der Waals surface area (Å²) in [5, 5.41) is 8.21. The third-order valence-electron chi connectivity index (χ3n) is 4.24. The first-order valence-corrected chi connectivity index (χ1v) is 8.96. The predicted molar refractivity (Wildman–Crippen MR) is 91.7 cm³/mol. The molecule has 1 aromatic rings. The normalized spacial score (nSPS) is 12.8. The van der Waals surface area contributed by atoms with Crippen molar-refractivity contribution in [2.75, 3.05) is 6.54 Å². The van der Waals surface area contributed by atoms with E-state index in [0.29, 0.717) is 6.04 Å². The Balaban J connectivity index is 2.36. The zero-order chi connectivity index (χ0) is 15.5. The van der Waals surface area contributed by atoms with Gasteiger partial charge < -0.3 is 5.32 Å². The average Bonchev–Trinajstić information content (AvgIpc) is 2.83. The van der Waals surface area contributed by atoms with Gasteiger partial charge in [0.25, 0.3) is 0 Å². The second-order valence-corrected chi connectivity index (χ2v) is 6.12. The highest BCUT2D eigenvalue weighted by Crippen LogP contribution is 2.13. The molecule has 1 heterocycles. The first kappa shape index (κ1) is 18.2. The second-order valence-electron chi connectivity index (χ2n) is 6.12. The Hall–Kier alpha value is -0.830. The van der Waals surface area contributed by atoms with Gasteiger partial charge in [-0.1, -0.05) is 59.3 Å². The van der Waals surface area contributed by atoms with Gasteiger partial charge in [-0.3, -0.25) is 4.68 Å². The summed E-state index contributed by atoms with van der Waals surface area (Å²) in [5.74, 6) is 0. The van der Waals surface area contributed by atoms with Gasteiger partial charge in [-0.2, -0.15) is 5.10 Å². The number of aryl methyl sites for hydroxylation is 2. The standard InChI is InChI=1S/C18H35N3/c1-5-8-9-10-11-12-13-17(19-7-3)15-18-14-16(6-2)20-21(18)4/h14,17,19H,5-13,15H2,1-4H3. The Labute approximate surface area is 131 Å². The number of aromatic nitrogens is 2. The van der Waals surface area contributed by atoms with Gasteiger partial charge >= 0.3 is 0 Å². The molecule has 0 aliphatic carbocycles. The van der Waals surface area contributed by atoms with E-state index in [1.54, 1.807) is 0 Å². The molecular formula is C18H35N3. The lowest BCUT2D eigenvalue weighted by Crippen LogP contribution is -2.31. The van der Waals surface area contributed by atoms with E-state index >= 15 is 0 Å². The monoisotopic (exact) mass is 293 g/mol. The Morgan fingerprint density at radius 2 is 1.81 bits per heavy atom. The number of hydrogen-bond acceptors (Lipinski definition) is 2. The number of nitrogens with one attached hydrogen (secondary N) is 1. The highest BCUT2D eigenvalue weighted by molar-refractivity contribution is 5.11. The van der Waals surface area contributed by atoms with E-state index in [9.17, 15) is 0 Å². The predicted octanol–water partition coefficient (Wildman–Crippen LogP) is 4.25. The van der Waals surface area contributed by atoms with Crippen molar-refractivity contribution in [2.24, 2.45) is 7.05 Å². The van der Waals surface area contributed by atoms with Crippen LogP contribution < -0.4 is 5.32 Å². The fourth-order valence-electron chi connectivity index (χ4n) is 2.92. The molecular weight excluding hydrogens is 258 g/mol. The first-order valence-electron chi connectivity index (χ1n) is 8.96. The van der Waals surface area contributed by atoms with Crippen molar-refractivity contribution in [1.29, 1.82) is 0 Å². The second kappa shape index (κ2) is 10.8. The smallest absolute Gasteiger partial charge is 0.0624 e. The molecule has 1 atom stereocenters. The molecule has 1 unspecified atom stereocenters. The van der Waals surface area contributed by atoms with Crippen LogP contribution in [-0.4, -0.2) is 22.4 Å². The number of rotatable bonds is 12. The maximum Gasteiger partial charge on any atom is 0.0624 e. The fraction of sp³-hybridized carbons (Fsp3) is 0.833. The lowest BCUT2D eigenvalue weighted by molar-refractivity contribution is 0.450. The molecule has 1 aromatic heterocycles. The summed E-state index contributed by atoms with van der Waals surface area (Å²) in [4.78, 5) is 0. The van der Waals surface area contributed by atoms with E-state index < -0.39 is 0 Å². The summed E-state index contributed by atoms with van der Waals surface area (Å²) >= 11 is 0. The molecule has 0 radical (unpaired) electrons. The number of hydrogen-bond donors (Lipinski definition) is 1. The van der Waals surface area contributed by atoms with E-state index in [-0.39, 0.29) is 0 Å². The van der Waals surface area contributed by atoms with Gasteiger partial charge in [0.1, 0.15) is 0 Å². The van der Waals surface area contributed by atoms with Crippen molar-refractivity contribution < 1.29 is 0 Å². The minimum Gasteiger partial charge on any atom is -0.314 e. The summed E-state index contributed by atoms with van der Waals surface area (Å²) in [5.41, 5.74) is 2.58. The fourth-order valence-corrected chi connectivity index (χ4v) is 2.92. The van der Waals surface area contributed by atoms with E-state index in [1.807, 2.05) is 0 Å². The third kappa shape index (κ3) is 7.12. The van der Waals surface area contributed by atoms with Crippen molar-refractivity contribution in [2.45, 2.75) is 84.6 Å². The lowest BCUT2D eigenvalue weighted by atomic mass is 10.0. The van der Waals surface area contributed by atoms with E-state index in [2.05, 4.69) is 49.0 Å². The molecule has 3 heteroatoms. The molecule has 0 saturated heterocycles. The van der Waals surface area contributed by atoms with Crippen molar-refractivity contribution >= 4 is 0 Å². The summed E-state index contributed by atoms with van der Waals surface area (Å²) in [6, 6.07) is 2.87. The average molecular weight is 293 g/mol. The van der Waals surface area contributed by atoms with Crippen LogP contribution >= 0.6 is 0 Å². The van der Waals surface area contributed by atoms with Crippen molar-refractivity contribution in [3.8, 4) is 0 Å². The Bertz CT molecular complexity index is 371. The van der Waals surface area contributed by atoms with Gasteiger partial charge in [-0.25, -0.2) is 0 Å². The van der Waals surface area contributed by atoms with Crippen LogP contribution in [0.3, 0.4) is 0 Å². The topological polar surface area (TPSA) is 29.9 Å². The zero-order valence-electron chi connectivity index (χ0n) is 14.6. The Morgan fingerprint density at radius 3 is 2.43 bits per heavy atom. The highest BCUT2D eigenvalue weighted by atomic mass is 15.3. The van der Waals surface area contributed by atoms with Crippen LogP contribution in [0.15, 0.2) is 6.07 Å². The van der Waals surface area contributed by atoms with Gasteiger partial charge in [0.2, 0.25) is 0 Å². The highest BCUT2D eigenvalue weighted by Gasteiger charge is 2.12. The third-order valence-corrected chi connectivity index (χ3v) is 4.24. The minimum atomic E-state index is 0.598. The molecule has 21 heavy (non-hydrogen) atoms. The molecule has 1 rings (SSSR count). The molecule has 0 bridgehead atoms. The first-order chi connectivity index (χ1) is 10.2. The molecule has 122 valence electrons. The minimum absolute atomic E-state index is 0.598. The maximum atomic E-state index is 4.56. The van der Waals surface area contributed by atoms with Crippen molar-refractivity contribution in [1.82, 2.24) is 15.1 Å². The molecule has 0 saturated carbocycles.